The average Bonchev–Trinajstić information content (AvgIpc) is 3.01. The van der Waals surface area contributed by atoms with Gasteiger partial charge in [0.15, 0.2) is 0 Å². The third kappa shape index (κ3) is 3.24. The van der Waals surface area contributed by atoms with Crippen LogP contribution in [0.2, 0.25) is 10.0 Å². The smallest absolute Gasteiger partial charge is 0.135 e. The third-order valence-electron chi connectivity index (χ3n) is 7.12. The zero-order chi connectivity index (χ0) is 18.9. The lowest BCUT2D eigenvalue weighted by atomic mass is 9.43. The largest absolute Gasteiger partial charge is 0.460 e. The summed E-state index contributed by atoms with van der Waals surface area (Å²) in [4.78, 5) is 0. The van der Waals surface area contributed by atoms with Crippen molar-refractivity contribution in [3.63, 3.8) is 0 Å². The number of nitrogens with one attached hydrogen (secondary N) is 1. The Bertz CT molecular complexity index is 870. The Balaban J connectivity index is 1.34. The first-order valence-corrected chi connectivity index (χ1v) is 10.8. The van der Waals surface area contributed by atoms with Gasteiger partial charge in [-0.05, 0) is 85.6 Å². The first-order valence-electron chi connectivity index (χ1n) is 10.0. The van der Waals surface area contributed by atoms with Gasteiger partial charge in [0.05, 0.1) is 11.6 Å². The van der Waals surface area contributed by atoms with E-state index in [-0.39, 0.29) is 5.54 Å². The first-order chi connectivity index (χ1) is 12.8. The number of hydrogen-bond acceptors (Lipinski definition) is 2. The number of halogens is 2. The van der Waals surface area contributed by atoms with Crippen LogP contribution < -0.4 is 5.32 Å². The molecular weight excluding hydrogens is 377 g/mol. The van der Waals surface area contributed by atoms with Gasteiger partial charge in [-0.3, -0.25) is 0 Å². The lowest BCUT2D eigenvalue weighted by molar-refractivity contribution is -0.118. The molecular formula is C23H27Cl2NO. The van der Waals surface area contributed by atoms with Gasteiger partial charge < -0.3 is 9.73 Å². The predicted molar refractivity (Wildman–Crippen MR) is 111 cm³/mol. The van der Waals surface area contributed by atoms with Crippen LogP contribution in [0.4, 0.5) is 0 Å². The summed E-state index contributed by atoms with van der Waals surface area (Å²) in [6.07, 6.45) is 8.18. The van der Waals surface area contributed by atoms with E-state index in [0.717, 1.165) is 29.5 Å². The molecule has 144 valence electrons. The molecule has 1 N–H and O–H groups in total. The molecule has 1 aromatic heterocycles. The minimum Gasteiger partial charge on any atom is -0.460 e. The third-order valence-corrected chi connectivity index (χ3v) is 7.68. The van der Waals surface area contributed by atoms with E-state index in [2.05, 4.69) is 25.2 Å². The van der Waals surface area contributed by atoms with Crippen molar-refractivity contribution in [3.05, 3.63) is 46.1 Å². The van der Waals surface area contributed by atoms with Gasteiger partial charge in [0.2, 0.25) is 0 Å². The maximum atomic E-state index is 6.32. The fraction of sp³-hybridized carbons (Fsp3) is 0.565. The summed E-state index contributed by atoms with van der Waals surface area (Å²) < 4.78 is 6.11. The van der Waals surface area contributed by atoms with Crippen LogP contribution in [-0.2, 0) is 6.54 Å². The molecule has 2 nitrogen and oxygen atoms in total. The Morgan fingerprint density at radius 1 is 1.00 bits per heavy atom. The topological polar surface area (TPSA) is 25.2 Å². The molecule has 27 heavy (non-hydrogen) atoms. The van der Waals surface area contributed by atoms with Gasteiger partial charge in [-0.15, -0.1) is 0 Å². The van der Waals surface area contributed by atoms with Crippen LogP contribution >= 0.6 is 23.2 Å². The van der Waals surface area contributed by atoms with E-state index in [1.807, 2.05) is 18.2 Å². The van der Waals surface area contributed by atoms with E-state index >= 15 is 0 Å². The van der Waals surface area contributed by atoms with Crippen LogP contribution in [0.25, 0.3) is 11.3 Å². The SMILES string of the molecule is CC12CC3CC(C)(C1)CC(NCc1ccc(-c4cc(Cl)ccc4Cl)o1)(C3)C2. The van der Waals surface area contributed by atoms with E-state index in [1.54, 1.807) is 6.07 Å². The van der Waals surface area contributed by atoms with Crippen molar-refractivity contribution < 1.29 is 4.42 Å². The molecule has 4 fully saturated rings. The Labute approximate surface area is 171 Å². The van der Waals surface area contributed by atoms with E-state index in [4.69, 9.17) is 27.6 Å². The summed E-state index contributed by atoms with van der Waals surface area (Å²) in [6, 6.07) is 9.53. The Morgan fingerprint density at radius 2 is 1.74 bits per heavy atom. The second-order valence-electron chi connectivity index (χ2n) is 10.2. The minimum absolute atomic E-state index is 0.281. The van der Waals surface area contributed by atoms with Gasteiger partial charge in [-0.2, -0.15) is 0 Å². The number of rotatable bonds is 4. The predicted octanol–water partition coefficient (Wildman–Crippen LogP) is 7.09. The number of benzene rings is 1. The Hall–Kier alpha value is -0.960. The van der Waals surface area contributed by atoms with Crippen LogP contribution in [0.3, 0.4) is 0 Å². The molecule has 4 aliphatic carbocycles. The summed E-state index contributed by atoms with van der Waals surface area (Å²) in [5.74, 6) is 2.64. The molecule has 4 aliphatic rings. The van der Waals surface area contributed by atoms with Gasteiger partial charge in [0.1, 0.15) is 11.5 Å². The van der Waals surface area contributed by atoms with Crippen molar-refractivity contribution in [2.75, 3.05) is 0 Å². The minimum atomic E-state index is 0.281. The van der Waals surface area contributed by atoms with Crippen LogP contribution in [0.1, 0.15) is 58.1 Å². The Morgan fingerprint density at radius 3 is 2.44 bits per heavy atom. The highest BCUT2D eigenvalue weighted by molar-refractivity contribution is 6.35. The summed E-state index contributed by atoms with van der Waals surface area (Å²) in [5, 5.41) is 5.26. The van der Waals surface area contributed by atoms with E-state index in [0.29, 0.717) is 20.9 Å². The number of furan rings is 1. The molecule has 6 rings (SSSR count). The zero-order valence-electron chi connectivity index (χ0n) is 16.1. The van der Waals surface area contributed by atoms with Crippen molar-refractivity contribution in [1.82, 2.24) is 5.32 Å². The van der Waals surface area contributed by atoms with Crippen LogP contribution in [-0.4, -0.2) is 5.54 Å². The summed E-state index contributed by atoms with van der Waals surface area (Å²) in [7, 11) is 0. The maximum Gasteiger partial charge on any atom is 0.135 e. The summed E-state index contributed by atoms with van der Waals surface area (Å²) in [5.41, 5.74) is 2.17. The molecule has 0 radical (unpaired) electrons. The van der Waals surface area contributed by atoms with E-state index in [1.165, 1.54) is 38.5 Å². The molecule has 0 saturated heterocycles. The Kier molecular flexibility index (Phi) is 4.03. The monoisotopic (exact) mass is 403 g/mol. The van der Waals surface area contributed by atoms with Gasteiger partial charge in [-0.1, -0.05) is 37.0 Å². The lowest BCUT2D eigenvalue weighted by Crippen LogP contribution is -2.63. The maximum absolute atomic E-state index is 6.32. The van der Waals surface area contributed by atoms with Crippen molar-refractivity contribution in [1.29, 1.82) is 0 Å². The van der Waals surface area contributed by atoms with Gasteiger partial charge in [-0.25, -0.2) is 0 Å². The van der Waals surface area contributed by atoms with E-state index < -0.39 is 0 Å². The zero-order valence-corrected chi connectivity index (χ0v) is 17.6. The van der Waals surface area contributed by atoms with Crippen LogP contribution in [0.5, 0.6) is 0 Å². The molecule has 4 bridgehead atoms. The van der Waals surface area contributed by atoms with Gasteiger partial charge in [0, 0.05) is 16.1 Å². The summed E-state index contributed by atoms with van der Waals surface area (Å²) >= 11 is 12.4. The quantitative estimate of drug-likeness (QED) is 0.588. The molecule has 0 aliphatic heterocycles. The second kappa shape index (κ2) is 6.02. The van der Waals surface area contributed by atoms with Crippen molar-refractivity contribution in [3.8, 4) is 11.3 Å². The molecule has 1 heterocycles. The highest BCUT2D eigenvalue weighted by atomic mass is 35.5. The number of hydrogen-bond donors (Lipinski definition) is 1. The average molecular weight is 404 g/mol. The highest BCUT2D eigenvalue weighted by Crippen LogP contribution is 2.66. The lowest BCUT2D eigenvalue weighted by Gasteiger charge is -2.65. The fourth-order valence-electron chi connectivity index (χ4n) is 7.22. The molecule has 2 aromatic rings. The fourth-order valence-corrected chi connectivity index (χ4v) is 7.61. The van der Waals surface area contributed by atoms with Gasteiger partial charge >= 0.3 is 0 Å². The normalized spacial score (nSPS) is 37.1. The van der Waals surface area contributed by atoms with Crippen molar-refractivity contribution in [2.45, 2.75) is 64.5 Å². The molecule has 2 unspecified atom stereocenters. The molecule has 4 heteroatoms. The molecule has 0 amide bonds. The molecule has 1 aromatic carbocycles. The molecule has 2 atom stereocenters. The van der Waals surface area contributed by atoms with Crippen LogP contribution in [0.15, 0.2) is 34.7 Å². The molecule has 4 saturated carbocycles. The van der Waals surface area contributed by atoms with Crippen LogP contribution in [0, 0.1) is 16.7 Å². The highest BCUT2D eigenvalue weighted by Gasteiger charge is 2.59. The molecule has 0 spiro atoms. The van der Waals surface area contributed by atoms with E-state index in [9.17, 15) is 0 Å². The van der Waals surface area contributed by atoms with Crippen molar-refractivity contribution >= 4 is 23.2 Å². The summed E-state index contributed by atoms with van der Waals surface area (Å²) in [6.45, 7) is 5.80. The second-order valence-corrected chi connectivity index (χ2v) is 11.0. The standard InChI is InChI=1S/C23H27Cl2NO/c1-21-8-15-9-22(2,12-21)14-23(10-15,13-21)26-11-17-4-6-20(27-17)18-7-16(24)3-5-19(18)25/h3-7,15,26H,8-14H2,1-2H3. The van der Waals surface area contributed by atoms with Gasteiger partial charge in [0.25, 0.3) is 0 Å². The first kappa shape index (κ1) is 18.1. The van der Waals surface area contributed by atoms with Crippen molar-refractivity contribution in [2.24, 2.45) is 16.7 Å².